The highest BCUT2D eigenvalue weighted by Gasteiger charge is 2.18. The molecule has 1 aromatic heterocycles. The SMILES string of the molecule is COc1ccc(C(=O)OCc2cn(-c3ccccc3)nc2-c2ccccc2)c(OC)c1. The van der Waals surface area contributed by atoms with Crippen molar-refractivity contribution in [2.45, 2.75) is 6.61 Å². The molecule has 6 nitrogen and oxygen atoms in total. The molecule has 0 aliphatic carbocycles. The standard InChI is InChI=1S/C25H22N2O4/c1-29-21-13-14-22(23(15-21)30-2)25(28)31-17-19-16-27(20-11-7-4-8-12-20)26-24(19)18-9-5-3-6-10-18/h3-16H,17H2,1-2H3. The predicted molar refractivity (Wildman–Crippen MR) is 118 cm³/mol. The Labute approximate surface area is 180 Å². The second-order valence-corrected chi connectivity index (χ2v) is 6.79. The van der Waals surface area contributed by atoms with Crippen LogP contribution in [0.3, 0.4) is 0 Å². The van der Waals surface area contributed by atoms with Crippen molar-refractivity contribution < 1.29 is 19.0 Å². The molecule has 0 aliphatic rings. The summed E-state index contributed by atoms with van der Waals surface area (Å²) >= 11 is 0. The van der Waals surface area contributed by atoms with Gasteiger partial charge in [0, 0.05) is 23.4 Å². The Kier molecular flexibility index (Phi) is 5.98. The Balaban J connectivity index is 1.62. The molecule has 31 heavy (non-hydrogen) atoms. The van der Waals surface area contributed by atoms with Crippen molar-refractivity contribution >= 4 is 5.97 Å². The van der Waals surface area contributed by atoms with E-state index in [9.17, 15) is 4.79 Å². The lowest BCUT2D eigenvalue weighted by Gasteiger charge is -2.10. The molecule has 4 aromatic rings. The van der Waals surface area contributed by atoms with Crippen LogP contribution in [0.4, 0.5) is 0 Å². The van der Waals surface area contributed by atoms with Gasteiger partial charge in [-0.25, -0.2) is 9.48 Å². The van der Waals surface area contributed by atoms with Crippen molar-refractivity contribution in [1.29, 1.82) is 0 Å². The third-order valence-electron chi connectivity index (χ3n) is 4.85. The van der Waals surface area contributed by atoms with Crippen LogP contribution < -0.4 is 9.47 Å². The van der Waals surface area contributed by atoms with Crippen LogP contribution in [0.1, 0.15) is 15.9 Å². The maximum atomic E-state index is 12.8. The summed E-state index contributed by atoms with van der Waals surface area (Å²) in [7, 11) is 3.06. The smallest absolute Gasteiger partial charge is 0.342 e. The number of benzene rings is 3. The van der Waals surface area contributed by atoms with Gasteiger partial charge in [0.15, 0.2) is 0 Å². The first-order valence-corrected chi connectivity index (χ1v) is 9.78. The number of rotatable bonds is 7. The number of aromatic nitrogens is 2. The molecule has 156 valence electrons. The highest BCUT2D eigenvalue weighted by Crippen LogP contribution is 2.27. The quantitative estimate of drug-likeness (QED) is 0.402. The Bertz CT molecular complexity index is 1170. The molecule has 0 fully saturated rings. The van der Waals surface area contributed by atoms with Gasteiger partial charge in [-0.15, -0.1) is 0 Å². The molecule has 3 aromatic carbocycles. The van der Waals surface area contributed by atoms with Gasteiger partial charge in [0.25, 0.3) is 0 Å². The summed E-state index contributed by atoms with van der Waals surface area (Å²) in [5, 5.41) is 4.74. The third kappa shape index (κ3) is 4.43. The molecule has 0 bridgehead atoms. The van der Waals surface area contributed by atoms with E-state index in [1.807, 2.05) is 66.9 Å². The summed E-state index contributed by atoms with van der Waals surface area (Å²) in [5.74, 6) is 0.516. The average Bonchev–Trinajstić information content (AvgIpc) is 3.27. The van der Waals surface area contributed by atoms with Gasteiger partial charge in [0.05, 0.1) is 25.6 Å². The highest BCUT2D eigenvalue weighted by molar-refractivity contribution is 5.92. The minimum Gasteiger partial charge on any atom is -0.497 e. The molecule has 0 unspecified atom stereocenters. The lowest BCUT2D eigenvalue weighted by molar-refractivity contribution is 0.0469. The molecular formula is C25H22N2O4. The second-order valence-electron chi connectivity index (χ2n) is 6.79. The van der Waals surface area contributed by atoms with E-state index in [2.05, 4.69) is 0 Å². The molecular weight excluding hydrogens is 392 g/mol. The summed E-state index contributed by atoms with van der Waals surface area (Å²) in [5.41, 5.74) is 3.77. The monoisotopic (exact) mass is 414 g/mol. The summed E-state index contributed by atoms with van der Waals surface area (Å²) in [4.78, 5) is 12.8. The Morgan fingerprint density at radius 2 is 1.61 bits per heavy atom. The molecule has 4 rings (SSSR count). The van der Waals surface area contributed by atoms with Crippen LogP contribution >= 0.6 is 0 Å². The zero-order valence-electron chi connectivity index (χ0n) is 17.3. The lowest BCUT2D eigenvalue weighted by Crippen LogP contribution is -2.07. The molecule has 0 spiro atoms. The molecule has 0 saturated heterocycles. The number of hydrogen-bond donors (Lipinski definition) is 0. The van der Waals surface area contributed by atoms with Crippen molar-refractivity contribution in [3.8, 4) is 28.4 Å². The van der Waals surface area contributed by atoms with E-state index in [-0.39, 0.29) is 6.61 Å². The van der Waals surface area contributed by atoms with E-state index < -0.39 is 5.97 Å². The molecule has 6 heteroatoms. The van der Waals surface area contributed by atoms with Crippen LogP contribution in [-0.4, -0.2) is 30.0 Å². The Hall–Kier alpha value is -4.06. The van der Waals surface area contributed by atoms with Crippen LogP contribution in [0.25, 0.3) is 16.9 Å². The number of carbonyl (C=O) groups is 1. The number of esters is 1. The lowest BCUT2D eigenvalue weighted by atomic mass is 10.1. The van der Waals surface area contributed by atoms with Gasteiger partial charge in [-0.05, 0) is 24.3 Å². The van der Waals surface area contributed by atoms with Gasteiger partial charge >= 0.3 is 5.97 Å². The fourth-order valence-corrected chi connectivity index (χ4v) is 3.26. The minimum absolute atomic E-state index is 0.0745. The van der Waals surface area contributed by atoms with Crippen LogP contribution in [0.5, 0.6) is 11.5 Å². The number of carbonyl (C=O) groups excluding carboxylic acids is 1. The number of methoxy groups -OCH3 is 2. The number of nitrogens with zero attached hydrogens (tertiary/aromatic N) is 2. The second kappa shape index (κ2) is 9.17. The molecule has 0 saturated carbocycles. The normalized spacial score (nSPS) is 10.5. The molecule has 0 aliphatic heterocycles. The van der Waals surface area contributed by atoms with Gasteiger partial charge in [0.2, 0.25) is 0 Å². The van der Waals surface area contributed by atoms with E-state index in [0.29, 0.717) is 17.1 Å². The van der Waals surface area contributed by atoms with Gasteiger partial charge in [-0.1, -0.05) is 48.5 Å². The zero-order chi connectivity index (χ0) is 21.6. The van der Waals surface area contributed by atoms with Crippen molar-refractivity contribution in [2.24, 2.45) is 0 Å². The fraction of sp³-hybridized carbons (Fsp3) is 0.120. The maximum Gasteiger partial charge on any atom is 0.342 e. The van der Waals surface area contributed by atoms with E-state index in [1.54, 1.807) is 30.0 Å². The number of hydrogen-bond acceptors (Lipinski definition) is 5. The van der Waals surface area contributed by atoms with Gasteiger partial charge in [-0.2, -0.15) is 5.10 Å². The van der Waals surface area contributed by atoms with Crippen LogP contribution in [0, 0.1) is 0 Å². The maximum absolute atomic E-state index is 12.8. The van der Waals surface area contributed by atoms with Crippen molar-refractivity contribution in [1.82, 2.24) is 9.78 Å². The predicted octanol–water partition coefficient (Wildman–Crippen LogP) is 4.91. The third-order valence-corrected chi connectivity index (χ3v) is 4.85. The van der Waals surface area contributed by atoms with E-state index in [0.717, 1.165) is 22.5 Å². The highest BCUT2D eigenvalue weighted by atomic mass is 16.5. The van der Waals surface area contributed by atoms with Gasteiger partial charge < -0.3 is 14.2 Å². The first-order valence-electron chi connectivity index (χ1n) is 9.78. The Morgan fingerprint density at radius 3 is 2.29 bits per heavy atom. The summed E-state index contributed by atoms with van der Waals surface area (Å²) in [6, 6.07) is 24.6. The molecule has 1 heterocycles. The summed E-state index contributed by atoms with van der Waals surface area (Å²) < 4.78 is 17.9. The average molecular weight is 414 g/mol. The molecule has 0 N–H and O–H groups in total. The topological polar surface area (TPSA) is 62.6 Å². The molecule has 0 atom stereocenters. The first-order chi connectivity index (χ1) is 15.2. The van der Waals surface area contributed by atoms with Gasteiger partial charge in [0.1, 0.15) is 23.7 Å². The van der Waals surface area contributed by atoms with Crippen molar-refractivity contribution in [3.05, 3.63) is 96.2 Å². The van der Waals surface area contributed by atoms with Crippen molar-refractivity contribution in [2.75, 3.05) is 14.2 Å². The molecule has 0 amide bonds. The van der Waals surface area contributed by atoms with Crippen LogP contribution in [-0.2, 0) is 11.3 Å². The largest absolute Gasteiger partial charge is 0.497 e. The van der Waals surface area contributed by atoms with E-state index in [1.165, 1.54) is 7.11 Å². The molecule has 0 radical (unpaired) electrons. The Morgan fingerprint density at radius 1 is 0.903 bits per heavy atom. The zero-order valence-corrected chi connectivity index (χ0v) is 17.3. The first kappa shape index (κ1) is 20.2. The van der Waals surface area contributed by atoms with E-state index >= 15 is 0 Å². The van der Waals surface area contributed by atoms with E-state index in [4.69, 9.17) is 19.3 Å². The van der Waals surface area contributed by atoms with Crippen LogP contribution in [0.2, 0.25) is 0 Å². The number of ether oxygens (including phenoxy) is 3. The fourth-order valence-electron chi connectivity index (χ4n) is 3.26. The number of para-hydroxylation sites is 1. The van der Waals surface area contributed by atoms with Crippen molar-refractivity contribution in [3.63, 3.8) is 0 Å². The van der Waals surface area contributed by atoms with Crippen LogP contribution in [0.15, 0.2) is 85.1 Å². The van der Waals surface area contributed by atoms with Gasteiger partial charge in [-0.3, -0.25) is 0 Å². The summed E-state index contributed by atoms with van der Waals surface area (Å²) in [6.07, 6.45) is 1.89. The minimum atomic E-state index is -0.481. The summed E-state index contributed by atoms with van der Waals surface area (Å²) in [6.45, 7) is 0.0745.